The van der Waals surface area contributed by atoms with Gasteiger partial charge in [0.2, 0.25) is 0 Å². The number of benzene rings is 1. The average molecular weight is 165 g/mol. The second-order valence-electron chi connectivity index (χ2n) is 3.04. The molecule has 1 aromatic carbocycles. The smallest absolute Gasteiger partial charge is 0.138 e. The SMILES string of the molecule is Nc1cc(OC2CC2)ccc1O. The van der Waals surface area contributed by atoms with Crippen LogP contribution in [0, 0.1) is 0 Å². The van der Waals surface area contributed by atoms with E-state index in [1.54, 1.807) is 18.2 Å². The molecule has 0 atom stereocenters. The number of nitrogen functional groups attached to an aromatic ring is 1. The largest absolute Gasteiger partial charge is 0.506 e. The van der Waals surface area contributed by atoms with E-state index in [-0.39, 0.29) is 5.75 Å². The second-order valence-corrected chi connectivity index (χ2v) is 3.04. The fourth-order valence-corrected chi connectivity index (χ4v) is 0.984. The highest BCUT2D eigenvalue weighted by molar-refractivity contribution is 5.55. The molecule has 1 saturated carbocycles. The van der Waals surface area contributed by atoms with Crippen LogP contribution >= 0.6 is 0 Å². The van der Waals surface area contributed by atoms with Gasteiger partial charge in [-0.25, -0.2) is 0 Å². The number of hydrogen-bond donors (Lipinski definition) is 2. The van der Waals surface area contributed by atoms with Crippen molar-refractivity contribution in [1.82, 2.24) is 0 Å². The highest BCUT2D eigenvalue weighted by Gasteiger charge is 2.23. The Hall–Kier alpha value is -1.38. The van der Waals surface area contributed by atoms with Crippen molar-refractivity contribution >= 4 is 5.69 Å². The second kappa shape index (κ2) is 2.59. The number of aromatic hydroxyl groups is 1. The van der Waals surface area contributed by atoms with Gasteiger partial charge in [-0.2, -0.15) is 0 Å². The molecular formula is C9H11NO2. The maximum atomic E-state index is 9.11. The molecule has 0 heterocycles. The van der Waals surface area contributed by atoms with Crippen LogP contribution in [0.2, 0.25) is 0 Å². The zero-order valence-corrected chi connectivity index (χ0v) is 6.66. The molecule has 3 N–H and O–H groups in total. The summed E-state index contributed by atoms with van der Waals surface area (Å²) in [6.07, 6.45) is 2.62. The summed E-state index contributed by atoms with van der Waals surface area (Å²) < 4.78 is 5.47. The minimum Gasteiger partial charge on any atom is -0.506 e. The summed E-state index contributed by atoms with van der Waals surface area (Å²) in [6, 6.07) is 4.92. The predicted octanol–water partition coefficient (Wildman–Crippen LogP) is 1.52. The molecular weight excluding hydrogens is 154 g/mol. The van der Waals surface area contributed by atoms with Crippen molar-refractivity contribution in [2.24, 2.45) is 0 Å². The van der Waals surface area contributed by atoms with Crippen LogP contribution in [0.5, 0.6) is 11.5 Å². The molecule has 0 radical (unpaired) electrons. The van der Waals surface area contributed by atoms with E-state index < -0.39 is 0 Å². The first-order valence-electron chi connectivity index (χ1n) is 4.01. The molecule has 0 amide bonds. The van der Waals surface area contributed by atoms with E-state index in [1.165, 1.54) is 0 Å². The predicted molar refractivity (Wildman–Crippen MR) is 46.2 cm³/mol. The van der Waals surface area contributed by atoms with Gasteiger partial charge in [-0.05, 0) is 25.0 Å². The summed E-state index contributed by atoms with van der Waals surface area (Å²) in [5, 5.41) is 9.11. The molecule has 2 rings (SSSR count). The van der Waals surface area contributed by atoms with Gasteiger partial charge in [-0.1, -0.05) is 0 Å². The van der Waals surface area contributed by atoms with Crippen LogP contribution in [0.25, 0.3) is 0 Å². The Morgan fingerprint density at radius 1 is 1.42 bits per heavy atom. The maximum absolute atomic E-state index is 9.11. The molecule has 1 fully saturated rings. The van der Waals surface area contributed by atoms with E-state index in [1.807, 2.05) is 0 Å². The van der Waals surface area contributed by atoms with Crippen molar-refractivity contribution in [3.05, 3.63) is 18.2 Å². The summed E-state index contributed by atoms with van der Waals surface area (Å²) in [6.45, 7) is 0. The van der Waals surface area contributed by atoms with Crippen LogP contribution in [0.3, 0.4) is 0 Å². The highest BCUT2D eigenvalue weighted by Crippen LogP contribution is 2.30. The van der Waals surface area contributed by atoms with Gasteiger partial charge in [-0.15, -0.1) is 0 Å². The first-order chi connectivity index (χ1) is 5.75. The molecule has 3 heteroatoms. The minimum absolute atomic E-state index is 0.109. The molecule has 1 aliphatic rings. The fourth-order valence-electron chi connectivity index (χ4n) is 0.984. The molecule has 0 aliphatic heterocycles. The van der Waals surface area contributed by atoms with E-state index in [0.29, 0.717) is 11.8 Å². The Bertz CT molecular complexity index is 295. The third-order valence-corrected chi connectivity index (χ3v) is 1.83. The van der Waals surface area contributed by atoms with E-state index in [0.717, 1.165) is 18.6 Å². The number of phenolic OH excluding ortho intramolecular Hbond substituents is 1. The summed E-state index contributed by atoms with van der Waals surface area (Å²) in [4.78, 5) is 0. The number of phenols is 1. The number of hydrogen-bond acceptors (Lipinski definition) is 3. The number of ether oxygens (including phenoxy) is 1. The highest BCUT2D eigenvalue weighted by atomic mass is 16.5. The summed E-state index contributed by atoms with van der Waals surface area (Å²) in [5.74, 6) is 0.853. The summed E-state index contributed by atoms with van der Waals surface area (Å²) >= 11 is 0. The average Bonchev–Trinajstić information content (AvgIpc) is 2.81. The van der Waals surface area contributed by atoms with Crippen molar-refractivity contribution < 1.29 is 9.84 Å². The van der Waals surface area contributed by atoms with Gasteiger partial charge in [0, 0.05) is 6.07 Å². The van der Waals surface area contributed by atoms with Crippen LogP contribution < -0.4 is 10.5 Å². The maximum Gasteiger partial charge on any atom is 0.138 e. The molecule has 3 nitrogen and oxygen atoms in total. The van der Waals surface area contributed by atoms with Crippen molar-refractivity contribution in [1.29, 1.82) is 0 Å². The third kappa shape index (κ3) is 1.44. The van der Waals surface area contributed by atoms with Crippen LogP contribution in [-0.2, 0) is 0 Å². The van der Waals surface area contributed by atoms with E-state index in [4.69, 9.17) is 15.6 Å². The topological polar surface area (TPSA) is 55.5 Å². The number of nitrogens with two attached hydrogens (primary N) is 1. The quantitative estimate of drug-likeness (QED) is 0.516. The Morgan fingerprint density at radius 3 is 2.75 bits per heavy atom. The van der Waals surface area contributed by atoms with Crippen molar-refractivity contribution in [2.45, 2.75) is 18.9 Å². The molecule has 12 heavy (non-hydrogen) atoms. The molecule has 0 unspecified atom stereocenters. The number of anilines is 1. The first-order valence-corrected chi connectivity index (χ1v) is 4.01. The van der Waals surface area contributed by atoms with Crippen LogP contribution in [-0.4, -0.2) is 11.2 Å². The summed E-state index contributed by atoms with van der Waals surface area (Å²) in [5.41, 5.74) is 5.86. The van der Waals surface area contributed by atoms with E-state index in [2.05, 4.69) is 0 Å². The van der Waals surface area contributed by atoms with Crippen molar-refractivity contribution in [3.63, 3.8) is 0 Å². The first kappa shape index (κ1) is 7.28. The fraction of sp³-hybridized carbons (Fsp3) is 0.333. The zero-order chi connectivity index (χ0) is 8.55. The minimum atomic E-state index is 0.109. The van der Waals surface area contributed by atoms with Crippen molar-refractivity contribution in [2.75, 3.05) is 5.73 Å². The normalized spacial score (nSPS) is 16.0. The van der Waals surface area contributed by atoms with Gasteiger partial charge in [0.1, 0.15) is 11.5 Å². The van der Waals surface area contributed by atoms with Crippen LogP contribution in [0.15, 0.2) is 18.2 Å². The van der Waals surface area contributed by atoms with Gasteiger partial charge < -0.3 is 15.6 Å². The molecule has 0 spiro atoms. The summed E-state index contributed by atoms with van der Waals surface area (Å²) in [7, 11) is 0. The molecule has 0 aromatic heterocycles. The Morgan fingerprint density at radius 2 is 2.17 bits per heavy atom. The Labute approximate surface area is 70.8 Å². The lowest BCUT2D eigenvalue weighted by molar-refractivity contribution is 0.303. The van der Waals surface area contributed by atoms with Gasteiger partial charge in [0.25, 0.3) is 0 Å². The Balaban J connectivity index is 2.15. The zero-order valence-electron chi connectivity index (χ0n) is 6.66. The monoisotopic (exact) mass is 165 g/mol. The van der Waals surface area contributed by atoms with E-state index in [9.17, 15) is 0 Å². The van der Waals surface area contributed by atoms with E-state index >= 15 is 0 Å². The molecule has 64 valence electrons. The van der Waals surface area contributed by atoms with Crippen LogP contribution in [0.4, 0.5) is 5.69 Å². The van der Waals surface area contributed by atoms with Crippen LogP contribution in [0.1, 0.15) is 12.8 Å². The number of rotatable bonds is 2. The van der Waals surface area contributed by atoms with Gasteiger partial charge in [0.05, 0.1) is 11.8 Å². The third-order valence-electron chi connectivity index (χ3n) is 1.83. The lowest BCUT2D eigenvalue weighted by Gasteiger charge is -2.05. The molecule has 0 saturated heterocycles. The Kier molecular flexibility index (Phi) is 1.57. The molecule has 0 bridgehead atoms. The molecule has 1 aliphatic carbocycles. The van der Waals surface area contributed by atoms with Gasteiger partial charge in [0.15, 0.2) is 0 Å². The molecule has 1 aromatic rings. The standard InChI is InChI=1S/C9H11NO2/c10-8-5-7(3-4-9(8)11)12-6-1-2-6/h3-6,11H,1-2,10H2. The lowest BCUT2D eigenvalue weighted by Crippen LogP contribution is -1.96. The lowest BCUT2D eigenvalue weighted by atomic mass is 10.3. The van der Waals surface area contributed by atoms with Gasteiger partial charge >= 0.3 is 0 Å². The van der Waals surface area contributed by atoms with Gasteiger partial charge in [-0.3, -0.25) is 0 Å². The van der Waals surface area contributed by atoms with Crippen molar-refractivity contribution in [3.8, 4) is 11.5 Å².